The first-order valence-electron chi connectivity index (χ1n) is 11.1. The molecule has 1 saturated heterocycles. The van der Waals surface area contributed by atoms with Gasteiger partial charge in [-0.1, -0.05) is 24.6 Å². The molecule has 0 radical (unpaired) electrons. The first-order valence-corrected chi connectivity index (χ1v) is 12.8. The fraction of sp³-hybridized carbons (Fsp3) is 0.682. The molecule has 5 rings (SSSR count). The highest BCUT2D eigenvalue weighted by Crippen LogP contribution is 2.36. The minimum absolute atomic E-state index is 0.0746. The van der Waals surface area contributed by atoms with Gasteiger partial charge in [0, 0.05) is 17.9 Å². The number of carbonyl (C=O) groups is 1. The summed E-state index contributed by atoms with van der Waals surface area (Å²) in [5.41, 5.74) is 1.31. The van der Waals surface area contributed by atoms with Gasteiger partial charge < -0.3 is 4.74 Å². The van der Waals surface area contributed by atoms with Crippen LogP contribution in [0, 0.1) is 0 Å². The second-order valence-corrected chi connectivity index (χ2v) is 10.8. The maximum atomic E-state index is 13.6. The lowest BCUT2D eigenvalue weighted by Crippen LogP contribution is -2.30. The number of thiophene rings is 1. The Morgan fingerprint density at radius 1 is 1.03 bits per heavy atom. The Labute approximate surface area is 179 Å². The number of aromatic nitrogens is 2. The number of hydrogen-bond acceptors (Lipinski definition) is 6. The zero-order chi connectivity index (χ0) is 19.8. The molecule has 1 aliphatic heterocycles. The molecule has 156 valence electrons. The van der Waals surface area contributed by atoms with Crippen molar-refractivity contribution in [3.63, 3.8) is 0 Å². The van der Waals surface area contributed by atoms with E-state index in [2.05, 4.69) is 0 Å². The molecule has 2 atom stereocenters. The predicted molar refractivity (Wildman–Crippen MR) is 117 cm³/mol. The van der Waals surface area contributed by atoms with Crippen LogP contribution in [0.4, 0.5) is 0 Å². The maximum Gasteiger partial charge on any atom is 0.263 e. The van der Waals surface area contributed by atoms with Gasteiger partial charge in [0.1, 0.15) is 10.6 Å². The van der Waals surface area contributed by atoms with Crippen LogP contribution in [-0.2, 0) is 28.9 Å². The normalized spacial score (nSPS) is 25.3. The van der Waals surface area contributed by atoms with Crippen LogP contribution in [0.25, 0.3) is 10.2 Å². The SMILES string of the molecule is O=C1CCCCC[C@@H]1Sc1nc2sc3c(c2c(=O)n1C[C@H]1CCCO1)CCCC3. The number of nitrogens with zero attached hydrogens (tertiary/aromatic N) is 2. The number of aryl methyl sites for hydroxylation is 2. The molecule has 2 aromatic heterocycles. The van der Waals surface area contributed by atoms with Crippen LogP contribution in [0.1, 0.15) is 68.2 Å². The lowest BCUT2D eigenvalue weighted by molar-refractivity contribution is -0.118. The molecule has 29 heavy (non-hydrogen) atoms. The zero-order valence-corrected chi connectivity index (χ0v) is 18.4. The lowest BCUT2D eigenvalue weighted by Gasteiger charge is -2.19. The van der Waals surface area contributed by atoms with Gasteiger partial charge >= 0.3 is 0 Å². The van der Waals surface area contributed by atoms with Gasteiger partial charge in [0.25, 0.3) is 5.56 Å². The Bertz CT molecular complexity index is 975. The van der Waals surface area contributed by atoms with Gasteiger partial charge in [0.15, 0.2) is 5.16 Å². The highest BCUT2D eigenvalue weighted by Gasteiger charge is 2.28. The first-order chi connectivity index (χ1) is 14.2. The third kappa shape index (κ3) is 3.93. The van der Waals surface area contributed by atoms with Crippen LogP contribution in [0.5, 0.6) is 0 Å². The second kappa shape index (κ2) is 8.52. The molecule has 0 bridgehead atoms. The van der Waals surface area contributed by atoms with E-state index in [4.69, 9.17) is 9.72 Å². The van der Waals surface area contributed by atoms with Gasteiger partial charge in [-0.05, 0) is 56.9 Å². The summed E-state index contributed by atoms with van der Waals surface area (Å²) >= 11 is 3.22. The van der Waals surface area contributed by atoms with E-state index in [1.165, 1.54) is 28.6 Å². The number of ketones is 1. The monoisotopic (exact) mass is 432 g/mol. The average Bonchev–Trinajstić information content (AvgIpc) is 3.31. The highest BCUT2D eigenvalue weighted by atomic mass is 32.2. The van der Waals surface area contributed by atoms with E-state index in [-0.39, 0.29) is 16.9 Å². The molecule has 0 unspecified atom stereocenters. The molecular formula is C22H28N2O3S2. The van der Waals surface area contributed by atoms with Crippen molar-refractivity contribution in [2.24, 2.45) is 0 Å². The Kier molecular flexibility index (Phi) is 5.80. The Morgan fingerprint density at radius 3 is 2.76 bits per heavy atom. The lowest BCUT2D eigenvalue weighted by atomic mass is 9.97. The summed E-state index contributed by atoms with van der Waals surface area (Å²) in [6, 6.07) is 0. The van der Waals surface area contributed by atoms with Crippen molar-refractivity contribution in [3.8, 4) is 0 Å². The standard InChI is InChI=1S/C22H28N2O3S2/c25-16-9-2-1-3-11-18(16)29-22-23-20-19(15-8-4-5-10-17(15)28-20)21(26)24(22)13-14-7-6-12-27-14/h14,18H,1-13H2/t14-,18+/m1/s1. The van der Waals surface area contributed by atoms with Crippen LogP contribution in [0.15, 0.2) is 9.95 Å². The highest BCUT2D eigenvalue weighted by molar-refractivity contribution is 8.00. The van der Waals surface area contributed by atoms with Crippen molar-refractivity contribution in [1.82, 2.24) is 9.55 Å². The summed E-state index contributed by atoms with van der Waals surface area (Å²) in [5, 5.41) is 1.48. The molecular weight excluding hydrogens is 404 g/mol. The van der Waals surface area contributed by atoms with Crippen molar-refractivity contribution in [3.05, 3.63) is 20.8 Å². The van der Waals surface area contributed by atoms with Crippen molar-refractivity contribution in [2.75, 3.05) is 6.61 Å². The Morgan fingerprint density at radius 2 is 1.90 bits per heavy atom. The molecule has 1 saturated carbocycles. The smallest absolute Gasteiger partial charge is 0.263 e. The molecule has 0 aromatic carbocycles. The largest absolute Gasteiger partial charge is 0.376 e. The van der Waals surface area contributed by atoms with E-state index in [0.717, 1.165) is 79.8 Å². The molecule has 2 fully saturated rings. The maximum absolute atomic E-state index is 13.6. The molecule has 0 N–H and O–H groups in total. The molecule has 2 aromatic rings. The summed E-state index contributed by atoms with van der Waals surface area (Å²) < 4.78 is 7.68. The Balaban J connectivity index is 1.58. The van der Waals surface area contributed by atoms with E-state index < -0.39 is 0 Å². The molecule has 2 aliphatic carbocycles. The number of Topliss-reactive ketones (excluding diaryl/α,β-unsaturated/α-hetero) is 1. The number of carbonyl (C=O) groups excluding carboxylic acids is 1. The van der Waals surface area contributed by atoms with E-state index in [1.54, 1.807) is 11.3 Å². The minimum atomic E-state index is -0.0767. The fourth-order valence-electron chi connectivity index (χ4n) is 4.84. The summed E-state index contributed by atoms with van der Waals surface area (Å²) in [5.74, 6) is 0.316. The predicted octanol–water partition coefficient (Wildman–Crippen LogP) is 4.51. The third-order valence-corrected chi connectivity index (χ3v) is 8.94. The van der Waals surface area contributed by atoms with Gasteiger partial charge in [-0.25, -0.2) is 4.98 Å². The van der Waals surface area contributed by atoms with Gasteiger partial charge in [0.05, 0.1) is 23.3 Å². The summed E-state index contributed by atoms with van der Waals surface area (Å²) in [4.78, 5) is 33.4. The number of hydrogen-bond donors (Lipinski definition) is 0. The number of fused-ring (bicyclic) bond motifs is 3. The topological polar surface area (TPSA) is 61.2 Å². The molecule has 0 spiro atoms. The van der Waals surface area contributed by atoms with Crippen LogP contribution < -0.4 is 5.56 Å². The summed E-state index contributed by atoms with van der Waals surface area (Å²) in [7, 11) is 0. The molecule has 5 nitrogen and oxygen atoms in total. The third-order valence-electron chi connectivity index (χ3n) is 6.45. The van der Waals surface area contributed by atoms with Gasteiger partial charge in [-0.2, -0.15) is 0 Å². The van der Waals surface area contributed by atoms with Crippen LogP contribution in [0.2, 0.25) is 0 Å². The van der Waals surface area contributed by atoms with Crippen LogP contribution >= 0.6 is 23.1 Å². The summed E-state index contributed by atoms with van der Waals surface area (Å²) in [6.45, 7) is 1.32. The first kappa shape index (κ1) is 19.8. The average molecular weight is 433 g/mol. The molecule has 7 heteroatoms. The van der Waals surface area contributed by atoms with E-state index in [1.807, 2.05) is 4.57 Å². The Hall–Kier alpha value is -1.18. The van der Waals surface area contributed by atoms with E-state index >= 15 is 0 Å². The molecule has 3 aliphatic rings. The number of rotatable bonds is 4. The van der Waals surface area contributed by atoms with E-state index in [0.29, 0.717) is 18.7 Å². The van der Waals surface area contributed by atoms with Crippen LogP contribution in [-0.4, -0.2) is 33.3 Å². The van der Waals surface area contributed by atoms with Crippen molar-refractivity contribution in [2.45, 2.75) is 93.7 Å². The van der Waals surface area contributed by atoms with Crippen molar-refractivity contribution >= 4 is 39.1 Å². The minimum Gasteiger partial charge on any atom is -0.376 e. The fourth-order valence-corrected chi connectivity index (χ4v) is 7.37. The summed E-state index contributed by atoms with van der Waals surface area (Å²) in [6.07, 6.45) is 11.2. The van der Waals surface area contributed by atoms with Crippen molar-refractivity contribution < 1.29 is 9.53 Å². The van der Waals surface area contributed by atoms with Gasteiger partial charge in [-0.15, -0.1) is 11.3 Å². The zero-order valence-electron chi connectivity index (χ0n) is 16.8. The number of ether oxygens (including phenoxy) is 1. The van der Waals surface area contributed by atoms with Gasteiger partial charge in [-0.3, -0.25) is 14.2 Å². The molecule has 3 heterocycles. The van der Waals surface area contributed by atoms with Crippen molar-refractivity contribution in [1.29, 1.82) is 0 Å². The van der Waals surface area contributed by atoms with Gasteiger partial charge in [0.2, 0.25) is 0 Å². The number of thioether (sulfide) groups is 1. The van der Waals surface area contributed by atoms with Crippen LogP contribution in [0.3, 0.4) is 0 Å². The quantitative estimate of drug-likeness (QED) is 0.525. The molecule has 0 amide bonds. The van der Waals surface area contributed by atoms with E-state index in [9.17, 15) is 9.59 Å². The second-order valence-electron chi connectivity index (χ2n) is 8.51.